The number of carbonyl (C=O) groups excluding carboxylic acids is 1. The molecule has 2 aromatic rings. The molecule has 0 saturated carbocycles. The summed E-state index contributed by atoms with van der Waals surface area (Å²) in [4.78, 5) is 22.6. The normalized spacial score (nSPS) is 10.3. The number of carbonyl (C=O) groups is 1. The Balaban J connectivity index is 2.08. The molecule has 0 saturated heterocycles. The summed E-state index contributed by atoms with van der Waals surface area (Å²) in [6.07, 6.45) is 0. The highest BCUT2D eigenvalue weighted by Crippen LogP contribution is 2.27. The van der Waals surface area contributed by atoms with Crippen LogP contribution in [0.3, 0.4) is 0 Å². The molecular weight excluding hydrogens is 313 g/mol. The van der Waals surface area contributed by atoms with Crippen molar-refractivity contribution in [3.05, 3.63) is 63.0 Å². The lowest BCUT2D eigenvalue weighted by Crippen LogP contribution is -2.22. The maximum atomic E-state index is 13.5. The van der Waals surface area contributed by atoms with Crippen molar-refractivity contribution in [1.82, 2.24) is 0 Å². The molecule has 0 atom stereocenters. The maximum absolute atomic E-state index is 13.5. The fourth-order valence-corrected chi connectivity index (χ4v) is 2.13. The molecule has 0 aliphatic carbocycles. The minimum absolute atomic E-state index is 0.132. The Bertz CT molecular complexity index is 806. The standard InChI is InChI=1S/C17H18FN3O3/c1-10-4-5-13(8-14(10)18)19-9-17(22)20-15-6-11(2)12(3)7-16(15)21(23)24/h4-8,19H,9H2,1-3H3,(H,20,22). The van der Waals surface area contributed by atoms with Gasteiger partial charge in [0.25, 0.3) is 5.69 Å². The van der Waals surface area contributed by atoms with Crippen molar-refractivity contribution >= 4 is 23.0 Å². The van der Waals surface area contributed by atoms with E-state index in [1.165, 1.54) is 12.1 Å². The first-order valence-electron chi connectivity index (χ1n) is 7.33. The summed E-state index contributed by atoms with van der Waals surface area (Å²) in [6.45, 7) is 5.08. The van der Waals surface area contributed by atoms with Crippen molar-refractivity contribution in [3.63, 3.8) is 0 Å². The van der Waals surface area contributed by atoms with E-state index in [-0.39, 0.29) is 23.7 Å². The van der Waals surface area contributed by atoms with Crippen molar-refractivity contribution in [2.24, 2.45) is 0 Å². The minimum atomic E-state index is -0.537. The highest BCUT2D eigenvalue weighted by atomic mass is 19.1. The van der Waals surface area contributed by atoms with Crippen molar-refractivity contribution in [1.29, 1.82) is 0 Å². The number of nitrogens with one attached hydrogen (secondary N) is 2. The third-order valence-corrected chi connectivity index (χ3v) is 3.71. The summed E-state index contributed by atoms with van der Waals surface area (Å²) in [6, 6.07) is 7.54. The van der Waals surface area contributed by atoms with Crippen LogP contribution >= 0.6 is 0 Å². The number of nitro benzene ring substituents is 1. The third kappa shape index (κ3) is 4.07. The molecular formula is C17H18FN3O3. The smallest absolute Gasteiger partial charge is 0.293 e. The van der Waals surface area contributed by atoms with E-state index in [2.05, 4.69) is 10.6 Å². The second kappa shape index (κ2) is 7.08. The van der Waals surface area contributed by atoms with Crippen molar-refractivity contribution < 1.29 is 14.1 Å². The van der Waals surface area contributed by atoms with Gasteiger partial charge >= 0.3 is 0 Å². The summed E-state index contributed by atoms with van der Waals surface area (Å²) in [7, 11) is 0. The second-order valence-electron chi connectivity index (χ2n) is 5.58. The molecule has 7 heteroatoms. The molecule has 2 rings (SSSR count). The quantitative estimate of drug-likeness (QED) is 0.646. The second-order valence-corrected chi connectivity index (χ2v) is 5.58. The highest BCUT2D eigenvalue weighted by Gasteiger charge is 2.17. The number of nitro groups is 1. The number of anilines is 2. The fraction of sp³-hybridized carbons (Fsp3) is 0.235. The monoisotopic (exact) mass is 331 g/mol. The van der Waals surface area contributed by atoms with E-state index in [9.17, 15) is 19.3 Å². The predicted molar refractivity (Wildman–Crippen MR) is 90.8 cm³/mol. The van der Waals surface area contributed by atoms with Crippen LogP contribution in [0.4, 0.5) is 21.5 Å². The van der Waals surface area contributed by atoms with E-state index in [0.29, 0.717) is 11.3 Å². The van der Waals surface area contributed by atoms with Crippen LogP contribution in [0.2, 0.25) is 0 Å². The molecule has 0 bridgehead atoms. The Morgan fingerprint density at radius 2 is 1.79 bits per heavy atom. The maximum Gasteiger partial charge on any atom is 0.293 e. The molecule has 2 aromatic carbocycles. The molecule has 2 N–H and O–H groups in total. The Morgan fingerprint density at radius 3 is 2.42 bits per heavy atom. The van der Waals surface area contributed by atoms with Crippen molar-refractivity contribution in [2.75, 3.05) is 17.2 Å². The van der Waals surface area contributed by atoms with Gasteiger partial charge in [-0.1, -0.05) is 6.07 Å². The zero-order valence-electron chi connectivity index (χ0n) is 13.6. The summed E-state index contributed by atoms with van der Waals surface area (Å²) in [5, 5.41) is 16.4. The first-order chi connectivity index (χ1) is 11.3. The lowest BCUT2D eigenvalue weighted by Gasteiger charge is -2.10. The van der Waals surface area contributed by atoms with Crippen LogP contribution in [0, 0.1) is 36.7 Å². The van der Waals surface area contributed by atoms with E-state index in [1.807, 2.05) is 6.92 Å². The number of aryl methyl sites for hydroxylation is 3. The average molecular weight is 331 g/mol. The van der Waals surface area contributed by atoms with Gasteiger partial charge in [-0.15, -0.1) is 0 Å². The van der Waals surface area contributed by atoms with Crippen LogP contribution < -0.4 is 10.6 Å². The van der Waals surface area contributed by atoms with Gasteiger partial charge in [-0.05, 0) is 55.7 Å². The highest BCUT2D eigenvalue weighted by molar-refractivity contribution is 5.96. The Morgan fingerprint density at radius 1 is 1.12 bits per heavy atom. The molecule has 0 radical (unpaired) electrons. The Labute approximate surface area is 138 Å². The van der Waals surface area contributed by atoms with Gasteiger partial charge in [-0.2, -0.15) is 0 Å². The number of nitrogens with zero attached hydrogens (tertiary/aromatic N) is 1. The van der Waals surface area contributed by atoms with Gasteiger partial charge in [0.2, 0.25) is 5.91 Å². The van der Waals surface area contributed by atoms with E-state index >= 15 is 0 Å². The van der Waals surface area contributed by atoms with Crippen LogP contribution in [0.1, 0.15) is 16.7 Å². The van der Waals surface area contributed by atoms with Crippen LogP contribution in [-0.2, 0) is 4.79 Å². The number of halogens is 1. The predicted octanol–water partition coefficient (Wildman–Crippen LogP) is 3.71. The van der Waals surface area contributed by atoms with Gasteiger partial charge in [-0.3, -0.25) is 14.9 Å². The molecule has 126 valence electrons. The summed E-state index contributed by atoms with van der Waals surface area (Å²) in [5.74, 6) is -0.826. The van der Waals surface area contributed by atoms with Gasteiger partial charge in [-0.25, -0.2) is 4.39 Å². The fourth-order valence-electron chi connectivity index (χ4n) is 2.13. The Hall–Kier alpha value is -2.96. The van der Waals surface area contributed by atoms with Crippen molar-refractivity contribution in [2.45, 2.75) is 20.8 Å². The van der Waals surface area contributed by atoms with Gasteiger partial charge in [0.1, 0.15) is 11.5 Å². The largest absolute Gasteiger partial charge is 0.376 e. The van der Waals surface area contributed by atoms with Gasteiger partial charge in [0.15, 0.2) is 0 Å². The van der Waals surface area contributed by atoms with Gasteiger partial charge in [0, 0.05) is 11.8 Å². The molecule has 0 fully saturated rings. The van der Waals surface area contributed by atoms with E-state index < -0.39 is 10.8 Å². The molecule has 0 aliphatic heterocycles. The first kappa shape index (κ1) is 17.4. The minimum Gasteiger partial charge on any atom is -0.376 e. The molecule has 1 amide bonds. The molecule has 0 spiro atoms. The average Bonchev–Trinajstić information content (AvgIpc) is 2.51. The third-order valence-electron chi connectivity index (χ3n) is 3.71. The van der Waals surface area contributed by atoms with Gasteiger partial charge in [0.05, 0.1) is 11.5 Å². The van der Waals surface area contributed by atoms with Crippen molar-refractivity contribution in [3.8, 4) is 0 Å². The van der Waals surface area contributed by atoms with Gasteiger partial charge < -0.3 is 10.6 Å². The topological polar surface area (TPSA) is 84.3 Å². The molecule has 0 aromatic heterocycles. The van der Waals surface area contributed by atoms with E-state index in [1.54, 1.807) is 32.0 Å². The lowest BCUT2D eigenvalue weighted by molar-refractivity contribution is -0.384. The SMILES string of the molecule is Cc1cc(NC(=O)CNc2ccc(C)c(F)c2)c([N+](=O)[O-])cc1C. The summed E-state index contributed by atoms with van der Waals surface area (Å²) in [5.41, 5.74) is 2.56. The molecule has 0 unspecified atom stereocenters. The Kier molecular flexibility index (Phi) is 5.13. The zero-order valence-corrected chi connectivity index (χ0v) is 13.6. The number of amides is 1. The van der Waals surface area contributed by atoms with E-state index in [4.69, 9.17) is 0 Å². The first-order valence-corrected chi connectivity index (χ1v) is 7.33. The molecule has 0 heterocycles. The number of hydrogen-bond donors (Lipinski definition) is 2. The molecule has 0 aliphatic rings. The molecule has 6 nitrogen and oxygen atoms in total. The van der Waals surface area contributed by atoms with Crippen LogP contribution in [0.25, 0.3) is 0 Å². The number of hydrogen-bond acceptors (Lipinski definition) is 4. The number of rotatable bonds is 5. The zero-order chi connectivity index (χ0) is 17.9. The van der Waals surface area contributed by atoms with Crippen LogP contribution in [0.15, 0.2) is 30.3 Å². The van der Waals surface area contributed by atoms with Crippen LogP contribution in [0.5, 0.6) is 0 Å². The van der Waals surface area contributed by atoms with E-state index in [0.717, 1.165) is 11.1 Å². The lowest BCUT2D eigenvalue weighted by atomic mass is 10.1. The summed E-state index contributed by atoms with van der Waals surface area (Å²) >= 11 is 0. The molecule has 24 heavy (non-hydrogen) atoms. The number of benzene rings is 2. The summed E-state index contributed by atoms with van der Waals surface area (Å²) < 4.78 is 13.5. The van der Waals surface area contributed by atoms with Crippen LogP contribution in [-0.4, -0.2) is 17.4 Å².